The molecule has 3 aromatic carbocycles. The van der Waals surface area contributed by atoms with Crippen LogP contribution in [0.15, 0.2) is 103 Å². The van der Waals surface area contributed by atoms with Crippen molar-refractivity contribution in [3.8, 4) is 0 Å². The highest BCUT2D eigenvalue weighted by Gasteiger charge is 2.35. The number of benzene rings is 3. The largest absolute Gasteiger partial charge is 0.311 e. The fourth-order valence-electron chi connectivity index (χ4n) is 4.82. The molecule has 0 fully saturated rings. The van der Waals surface area contributed by atoms with Crippen molar-refractivity contribution in [3.05, 3.63) is 125 Å². The smallest absolute Gasteiger partial charge is 0.257 e. The molecule has 9 heteroatoms. The van der Waals surface area contributed by atoms with Crippen LogP contribution in [0.2, 0.25) is 0 Å². The van der Waals surface area contributed by atoms with Crippen molar-refractivity contribution in [2.45, 2.75) is 25.8 Å². The average Bonchev–Trinajstić information content (AvgIpc) is 3.41. The summed E-state index contributed by atoms with van der Waals surface area (Å²) in [5.74, 6) is -2.58. The van der Waals surface area contributed by atoms with Crippen LogP contribution in [0.25, 0.3) is 6.08 Å². The van der Waals surface area contributed by atoms with Gasteiger partial charge in [0, 0.05) is 18.4 Å². The van der Waals surface area contributed by atoms with E-state index in [0.29, 0.717) is 24.2 Å². The quantitative estimate of drug-likeness (QED) is 0.313. The molecule has 4 aromatic rings. The molecule has 5 rings (SSSR count). The monoisotopic (exact) mass is 554 g/mol. The molecule has 1 aliphatic rings. The summed E-state index contributed by atoms with van der Waals surface area (Å²) in [5, 5.41) is 5.34. The van der Waals surface area contributed by atoms with Gasteiger partial charge in [-0.15, -0.1) is 0 Å². The Bertz CT molecular complexity index is 1620. The van der Waals surface area contributed by atoms with Crippen LogP contribution in [0.5, 0.6) is 0 Å². The van der Waals surface area contributed by atoms with Gasteiger partial charge in [0.15, 0.2) is 0 Å². The first-order valence-corrected chi connectivity index (χ1v) is 14.7. The highest BCUT2D eigenvalue weighted by molar-refractivity contribution is 7.93. The van der Waals surface area contributed by atoms with Gasteiger partial charge in [0.05, 0.1) is 18.1 Å². The van der Waals surface area contributed by atoms with E-state index in [1.54, 1.807) is 46.2 Å². The Hall–Kier alpha value is -4.50. The van der Waals surface area contributed by atoms with Gasteiger partial charge in [-0.25, -0.2) is 13.1 Å². The summed E-state index contributed by atoms with van der Waals surface area (Å²) >= 11 is 0. The molecular formula is C31H30N4O4S. The molecule has 1 aromatic heterocycles. The Morgan fingerprint density at radius 3 is 2.40 bits per heavy atom. The van der Waals surface area contributed by atoms with Crippen LogP contribution in [-0.4, -0.2) is 36.6 Å². The molecule has 1 N–H and O–H groups in total. The van der Waals surface area contributed by atoms with Crippen LogP contribution in [-0.2, 0) is 39.0 Å². The maximum atomic E-state index is 13.9. The summed E-state index contributed by atoms with van der Waals surface area (Å²) < 4.78 is 29.5. The number of anilines is 1. The molecule has 2 heterocycles. The summed E-state index contributed by atoms with van der Waals surface area (Å²) in [6.45, 7) is 0.983. The van der Waals surface area contributed by atoms with E-state index in [-0.39, 0.29) is 6.42 Å². The van der Waals surface area contributed by atoms with Gasteiger partial charge in [0.2, 0.25) is 11.8 Å². The number of rotatable bonds is 9. The summed E-state index contributed by atoms with van der Waals surface area (Å²) in [5.41, 5.74) is 4.16. The Balaban J connectivity index is 1.39. The van der Waals surface area contributed by atoms with E-state index in [4.69, 9.17) is 0 Å². The van der Waals surface area contributed by atoms with Crippen molar-refractivity contribution in [3.63, 3.8) is 0 Å². The summed E-state index contributed by atoms with van der Waals surface area (Å²) in [7, 11) is -4.15. The van der Waals surface area contributed by atoms with Crippen LogP contribution in [0.4, 0.5) is 5.69 Å². The van der Waals surface area contributed by atoms with Gasteiger partial charge in [-0.1, -0.05) is 78.9 Å². The number of hydrogen-bond acceptors (Lipinski definition) is 5. The molecule has 0 saturated heterocycles. The SMILES string of the molecule is O=C(NS(=O)(=O)/C=C/c1ccccc1)C(Cc1cnn(Cc2ccccc2)c1)C(=O)N1CCCc2ccccc21. The third-order valence-corrected chi connectivity index (χ3v) is 7.77. The predicted molar refractivity (Wildman–Crippen MR) is 155 cm³/mol. The van der Waals surface area contributed by atoms with E-state index in [0.717, 1.165) is 35.1 Å². The van der Waals surface area contributed by atoms with Crippen LogP contribution in [0, 0.1) is 5.92 Å². The highest BCUT2D eigenvalue weighted by atomic mass is 32.2. The van der Waals surface area contributed by atoms with E-state index < -0.39 is 27.8 Å². The van der Waals surface area contributed by atoms with Gasteiger partial charge < -0.3 is 4.90 Å². The van der Waals surface area contributed by atoms with Crippen LogP contribution in [0.3, 0.4) is 0 Å². The fraction of sp³-hybridized carbons (Fsp3) is 0.194. The van der Waals surface area contributed by atoms with Crippen molar-refractivity contribution in [2.75, 3.05) is 11.4 Å². The second-order valence-electron chi connectivity index (χ2n) is 9.74. The molecule has 1 atom stereocenters. The molecule has 1 aliphatic heterocycles. The minimum absolute atomic E-state index is 0.00996. The fourth-order valence-corrected chi connectivity index (χ4v) is 5.65. The number of nitrogens with zero attached hydrogens (tertiary/aromatic N) is 3. The number of carbonyl (C=O) groups excluding carboxylic acids is 2. The van der Waals surface area contributed by atoms with Crippen LogP contribution < -0.4 is 9.62 Å². The Morgan fingerprint density at radius 2 is 1.62 bits per heavy atom. The van der Waals surface area contributed by atoms with Crippen molar-refractivity contribution < 1.29 is 18.0 Å². The molecular weight excluding hydrogens is 524 g/mol. The van der Waals surface area contributed by atoms with Gasteiger partial charge in [-0.2, -0.15) is 5.10 Å². The molecule has 2 amide bonds. The number of aryl methyl sites for hydroxylation is 1. The van der Waals surface area contributed by atoms with Crippen LogP contribution >= 0.6 is 0 Å². The number of hydrogen-bond donors (Lipinski definition) is 1. The van der Waals surface area contributed by atoms with E-state index in [1.807, 2.05) is 60.7 Å². The van der Waals surface area contributed by atoms with Crippen LogP contribution in [0.1, 0.15) is 28.7 Å². The number of nitrogens with one attached hydrogen (secondary N) is 1. The number of sulfonamides is 1. The first kappa shape index (κ1) is 27.1. The summed E-state index contributed by atoms with van der Waals surface area (Å²) in [6, 6.07) is 26.3. The standard InChI is InChI=1S/C31H30N4O4S/c36-30(33-40(38,39)19-17-24-10-3-1-4-11-24)28(31(37)35-18-9-15-27-14-7-8-16-29(27)35)20-26-21-32-34(23-26)22-25-12-5-2-6-13-25/h1-8,10-14,16-17,19,21,23,28H,9,15,18,20,22H2,(H,33,36)/b19-17+. The first-order chi connectivity index (χ1) is 19.4. The van der Waals surface area contributed by atoms with Crippen molar-refractivity contribution in [1.82, 2.24) is 14.5 Å². The molecule has 1 unspecified atom stereocenters. The second-order valence-corrected chi connectivity index (χ2v) is 11.3. The molecule has 0 radical (unpaired) electrons. The number of fused-ring (bicyclic) bond motifs is 1. The predicted octanol–water partition coefficient (Wildman–Crippen LogP) is 4.19. The normalized spacial score (nSPS) is 14.1. The van der Waals surface area contributed by atoms with Gasteiger partial charge in [0.1, 0.15) is 5.92 Å². The topological polar surface area (TPSA) is 101 Å². The maximum Gasteiger partial charge on any atom is 0.257 e. The van der Waals surface area contributed by atoms with E-state index in [1.165, 1.54) is 6.08 Å². The Kier molecular flexibility index (Phi) is 8.21. The second kappa shape index (κ2) is 12.1. The number of amides is 2. The molecule has 8 nitrogen and oxygen atoms in total. The Morgan fingerprint density at radius 1 is 0.925 bits per heavy atom. The first-order valence-electron chi connectivity index (χ1n) is 13.1. The van der Waals surface area contributed by atoms with Crippen molar-refractivity contribution >= 4 is 33.6 Å². The zero-order valence-corrected chi connectivity index (χ0v) is 22.7. The molecule has 40 heavy (non-hydrogen) atoms. The van der Waals surface area contributed by atoms with Gasteiger partial charge in [-0.05, 0) is 53.7 Å². The summed E-state index contributed by atoms with van der Waals surface area (Å²) in [6.07, 6.45) is 6.40. The highest BCUT2D eigenvalue weighted by Crippen LogP contribution is 2.29. The van der Waals surface area contributed by atoms with E-state index in [9.17, 15) is 18.0 Å². The lowest BCUT2D eigenvalue weighted by atomic mass is 9.95. The Labute approximate surface area is 234 Å². The van der Waals surface area contributed by atoms with E-state index in [2.05, 4.69) is 9.82 Å². The maximum absolute atomic E-state index is 13.9. The number of aromatic nitrogens is 2. The molecule has 204 valence electrons. The molecule has 0 aliphatic carbocycles. The lowest BCUT2D eigenvalue weighted by Crippen LogP contribution is -2.47. The molecule has 0 saturated carbocycles. The lowest BCUT2D eigenvalue weighted by molar-refractivity contribution is -0.132. The number of para-hydroxylation sites is 1. The lowest BCUT2D eigenvalue weighted by Gasteiger charge is -2.32. The van der Waals surface area contributed by atoms with E-state index >= 15 is 0 Å². The molecule has 0 bridgehead atoms. The van der Waals surface area contributed by atoms with Gasteiger partial charge >= 0.3 is 0 Å². The average molecular weight is 555 g/mol. The third kappa shape index (κ3) is 6.73. The van der Waals surface area contributed by atoms with Gasteiger partial charge in [-0.3, -0.25) is 14.3 Å². The number of carbonyl (C=O) groups is 2. The van der Waals surface area contributed by atoms with Gasteiger partial charge in [0.25, 0.3) is 10.0 Å². The third-order valence-electron chi connectivity index (χ3n) is 6.79. The van der Waals surface area contributed by atoms with Crippen molar-refractivity contribution in [1.29, 1.82) is 0 Å². The zero-order valence-electron chi connectivity index (χ0n) is 21.9. The van der Waals surface area contributed by atoms with Crippen molar-refractivity contribution in [2.24, 2.45) is 5.92 Å². The minimum Gasteiger partial charge on any atom is -0.311 e. The summed E-state index contributed by atoms with van der Waals surface area (Å²) in [4.78, 5) is 29.0. The zero-order chi connectivity index (χ0) is 28.0. The molecule has 0 spiro atoms. The minimum atomic E-state index is -4.15.